The van der Waals surface area contributed by atoms with Crippen molar-refractivity contribution in [1.29, 1.82) is 0 Å². The summed E-state index contributed by atoms with van der Waals surface area (Å²) in [6.07, 6.45) is 12.4. The van der Waals surface area contributed by atoms with Crippen molar-refractivity contribution < 1.29 is 9.59 Å². The van der Waals surface area contributed by atoms with Crippen LogP contribution in [0.25, 0.3) is 6.08 Å². The lowest BCUT2D eigenvalue weighted by atomic mass is 9.79. The predicted octanol–water partition coefficient (Wildman–Crippen LogP) is 5.63. The number of anilines is 1. The molecule has 1 N–H and O–H groups in total. The fourth-order valence-corrected chi connectivity index (χ4v) is 6.49. The number of halogens is 1. The van der Waals surface area contributed by atoms with Gasteiger partial charge in [0.15, 0.2) is 0 Å². The number of hydrogen-bond donors (Lipinski definition) is 1. The van der Waals surface area contributed by atoms with E-state index in [1.54, 1.807) is 17.3 Å². The molecule has 1 aliphatic heterocycles. The Kier molecular flexibility index (Phi) is 6.59. The molecular formula is C32H31ClN4O2. The minimum absolute atomic E-state index is 0.0302. The second-order valence-electron chi connectivity index (χ2n) is 10.9. The number of likely N-dealkylation sites (N-methyl/N-ethyl adjacent to an activating group) is 1. The molecule has 1 spiro atoms. The average Bonchev–Trinajstić information content (AvgIpc) is 3.64. The minimum atomic E-state index is -0.726. The summed E-state index contributed by atoms with van der Waals surface area (Å²) in [6, 6.07) is 17.8. The first-order valence-corrected chi connectivity index (χ1v) is 13.9. The average molecular weight is 539 g/mol. The Morgan fingerprint density at radius 1 is 1.10 bits per heavy atom. The van der Waals surface area contributed by atoms with Crippen molar-refractivity contribution in [1.82, 2.24) is 9.88 Å². The highest BCUT2D eigenvalue weighted by atomic mass is 35.5. The van der Waals surface area contributed by atoms with E-state index in [-0.39, 0.29) is 11.8 Å². The number of aromatic nitrogens is 1. The molecule has 6 rings (SSSR count). The largest absolute Gasteiger partial charge is 0.340 e. The van der Waals surface area contributed by atoms with Crippen molar-refractivity contribution in [2.45, 2.75) is 49.5 Å². The van der Waals surface area contributed by atoms with Crippen LogP contribution in [0.5, 0.6) is 0 Å². The molecule has 0 radical (unpaired) electrons. The molecule has 0 bridgehead atoms. The maximum atomic E-state index is 13.5. The third-order valence-electron chi connectivity index (χ3n) is 8.43. The number of nitrogens with zero attached hydrogens (tertiary/aromatic N) is 3. The first-order chi connectivity index (χ1) is 18.9. The molecule has 2 aliphatic carbocycles. The number of hydrogen-bond acceptors (Lipinski definition) is 4. The first kappa shape index (κ1) is 25.5. The van der Waals surface area contributed by atoms with Crippen molar-refractivity contribution >= 4 is 41.5 Å². The van der Waals surface area contributed by atoms with Crippen LogP contribution < -0.4 is 5.32 Å². The molecule has 0 saturated heterocycles. The number of benzene rings is 2. The number of nitrogens with one attached hydrogen (secondary N) is 1. The van der Waals surface area contributed by atoms with Crippen molar-refractivity contribution in [2.24, 2.45) is 4.99 Å². The van der Waals surface area contributed by atoms with E-state index in [2.05, 4.69) is 28.5 Å². The van der Waals surface area contributed by atoms with Gasteiger partial charge in [-0.3, -0.25) is 14.6 Å². The molecule has 3 aromatic rings. The highest BCUT2D eigenvalue weighted by molar-refractivity contribution is 6.33. The highest BCUT2D eigenvalue weighted by Gasteiger charge is 2.51. The molecule has 2 amide bonds. The monoisotopic (exact) mass is 538 g/mol. The van der Waals surface area contributed by atoms with Gasteiger partial charge in [0, 0.05) is 42.2 Å². The van der Waals surface area contributed by atoms with Gasteiger partial charge in [-0.05, 0) is 54.5 Å². The zero-order valence-corrected chi connectivity index (χ0v) is 22.7. The van der Waals surface area contributed by atoms with Gasteiger partial charge >= 0.3 is 0 Å². The Morgan fingerprint density at radius 3 is 2.72 bits per heavy atom. The molecule has 7 heteroatoms. The van der Waals surface area contributed by atoms with Crippen LogP contribution in [-0.2, 0) is 27.8 Å². The van der Waals surface area contributed by atoms with Gasteiger partial charge in [0.25, 0.3) is 0 Å². The normalized spacial score (nSPS) is 21.0. The van der Waals surface area contributed by atoms with Gasteiger partial charge in [0.2, 0.25) is 11.8 Å². The Labute approximate surface area is 233 Å². The van der Waals surface area contributed by atoms with Gasteiger partial charge in [-0.2, -0.15) is 0 Å². The number of carbonyl (C=O) groups is 2. The Balaban J connectivity index is 1.14. The summed E-state index contributed by atoms with van der Waals surface area (Å²) >= 11 is 6.31. The van der Waals surface area contributed by atoms with E-state index in [9.17, 15) is 9.59 Å². The van der Waals surface area contributed by atoms with Gasteiger partial charge in [0.1, 0.15) is 11.4 Å². The van der Waals surface area contributed by atoms with E-state index in [1.807, 2.05) is 55.6 Å². The lowest BCUT2D eigenvalue weighted by molar-refractivity contribution is -0.134. The van der Waals surface area contributed by atoms with Crippen LogP contribution in [0.4, 0.5) is 5.82 Å². The van der Waals surface area contributed by atoms with Crippen molar-refractivity contribution in [3.63, 3.8) is 0 Å². The van der Waals surface area contributed by atoms with Crippen molar-refractivity contribution in [3.05, 3.63) is 99.7 Å². The van der Waals surface area contributed by atoms with Gasteiger partial charge < -0.3 is 10.2 Å². The van der Waals surface area contributed by atoms with Gasteiger partial charge in [-0.1, -0.05) is 79.1 Å². The quantitative estimate of drug-likeness (QED) is 0.413. The Hall–Kier alpha value is -3.77. The van der Waals surface area contributed by atoms with Crippen LogP contribution >= 0.6 is 11.6 Å². The molecule has 198 valence electrons. The molecule has 39 heavy (non-hydrogen) atoms. The summed E-state index contributed by atoms with van der Waals surface area (Å²) in [4.78, 5) is 37.5. The molecule has 2 aromatic carbocycles. The third-order valence-corrected chi connectivity index (χ3v) is 8.77. The van der Waals surface area contributed by atoms with E-state index in [4.69, 9.17) is 16.6 Å². The Morgan fingerprint density at radius 2 is 1.90 bits per heavy atom. The highest BCUT2D eigenvalue weighted by Crippen LogP contribution is 2.46. The van der Waals surface area contributed by atoms with E-state index in [0.29, 0.717) is 30.2 Å². The third kappa shape index (κ3) is 4.57. The maximum absolute atomic E-state index is 13.5. The Bertz CT molecular complexity index is 1510. The molecule has 1 fully saturated rings. The van der Waals surface area contributed by atoms with Crippen LogP contribution in [-0.4, -0.2) is 47.0 Å². The second-order valence-corrected chi connectivity index (χ2v) is 11.3. The fraction of sp³-hybridized carbons (Fsp3) is 0.312. The number of fused-ring (bicyclic) bond motifs is 3. The van der Waals surface area contributed by atoms with Crippen molar-refractivity contribution in [2.75, 3.05) is 18.9 Å². The van der Waals surface area contributed by atoms with E-state index in [1.165, 1.54) is 11.1 Å². The smallest absolute Gasteiger partial charge is 0.250 e. The SMILES string of the molecule is CN(C/C=C/c1ccc2c(c1)C[C@@]1(C2)C(=O)Nc2ncccc21)C(=O)C1(/N=C/c2ccccc2Cl)CCCC1. The number of amides is 2. The van der Waals surface area contributed by atoms with Crippen LogP contribution in [0.3, 0.4) is 0 Å². The summed E-state index contributed by atoms with van der Waals surface area (Å²) in [5.41, 5.74) is 3.97. The molecule has 3 aliphatic rings. The van der Waals surface area contributed by atoms with Crippen molar-refractivity contribution in [3.8, 4) is 0 Å². The van der Waals surface area contributed by atoms with Gasteiger partial charge in [-0.25, -0.2) is 4.98 Å². The molecule has 1 aromatic heterocycles. The zero-order chi connectivity index (χ0) is 27.0. The van der Waals surface area contributed by atoms with Gasteiger partial charge in [-0.15, -0.1) is 0 Å². The zero-order valence-electron chi connectivity index (χ0n) is 22.0. The fourth-order valence-electron chi connectivity index (χ4n) is 6.31. The molecule has 1 atom stereocenters. The van der Waals surface area contributed by atoms with E-state index < -0.39 is 11.0 Å². The molecule has 2 heterocycles. The summed E-state index contributed by atoms with van der Waals surface area (Å²) < 4.78 is 0. The standard InChI is InChI=1S/C32H31ClN4O2/c1-37(30(39)32(14-4-5-15-32)35-21-24-9-2-3-11-27(24)33)17-7-8-22-12-13-23-19-31(20-25(23)18-22)26-10-6-16-34-28(26)36-29(31)38/h2-3,6-13,16,18,21H,4-5,14-15,17,19-20H2,1H3,(H,34,36,38)/b8-7+,35-21+/t31-/m1/s1. The molecule has 1 saturated carbocycles. The van der Waals surface area contributed by atoms with Crippen LogP contribution in [0.2, 0.25) is 5.02 Å². The summed E-state index contributed by atoms with van der Waals surface area (Å²) in [5, 5.41) is 3.60. The number of aliphatic imine (C=N–C) groups is 1. The number of carbonyl (C=O) groups excluding carboxylic acids is 2. The maximum Gasteiger partial charge on any atom is 0.250 e. The minimum Gasteiger partial charge on any atom is -0.340 e. The van der Waals surface area contributed by atoms with Crippen LogP contribution in [0.1, 0.15) is 53.5 Å². The summed E-state index contributed by atoms with van der Waals surface area (Å²) in [7, 11) is 1.84. The molecule has 0 unspecified atom stereocenters. The number of pyridine rings is 1. The lowest BCUT2D eigenvalue weighted by Gasteiger charge is -2.28. The first-order valence-electron chi connectivity index (χ1n) is 13.5. The van der Waals surface area contributed by atoms with Gasteiger partial charge in [0.05, 0.1) is 5.41 Å². The number of rotatable bonds is 6. The summed E-state index contributed by atoms with van der Waals surface area (Å²) in [5.74, 6) is 0.755. The lowest BCUT2D eigenvalue weighted by Crippen LogP contribution is -2.44. The molecular weight excluding hydrogens is 508 g/mol. The van der Waals surface area contributed by atoms with Crippen LogP contribution in [0.15, 0.2) is 71.9 Å². The topological polar surface area (TPSA) is 74.7 Å². The molecule has 6 nitrogen and oxygen atoms in total. The predicted molar refractivity (Wildman–Crippen MR) is 155 cm³/mol. The van der Waals surface area contributed by atoms with E-state index >= 15 is 0 Å². The van der Waals surface area contributed by atoms with Crippen LogP contribution in [0, 0.1) is 0 Å². The second kappa shape index (κ2) is 10.1. The summed E-state index contributed by atoms with van der Waals surface area (Å²) in [6.45, 7) is 0.491. The van der Waals surface area contributed by atoms with E-state index in [0.717, 1.165) is 42.4 Å².